The molecule has 2 aromatic rings. The first-order valence-corrected chi connectivity index (χ1v) is 10.00. The van der Waals surface area contributed by atoms with Crippen LogP contribution in [0.3, 0.4) is 0 Å². The molecule has 0 radical (unpaired) electrons. The number of furan rings is 1. The van der Waals surface area contributed by atoms with E-state index in [2.05, 4.69) is 13.0 Å². The Labute approximate surface area is 147 Å². The Hall–Kier alpha value is -1.44. The molecule has 24 heavy (non-hydrogen) atoms. The van der Waals surface area contributed by atoms with E-state index < -0.39 is 0 Å². The monoisotopic (exact) mass is 330 g/mol. The third kappa shape index (κ3) is 7.42. The van der Waals surface area contributed by atoms with Crippen molar-refractivity contribution >= 4 is 11.0 Å². The van der Waals surface area contributed by atoms with Crippen LogP contribution in [-0.2, 0) is 0 Å². The first kappa shape index (κ1) is 18.9. The number of ether oxygens (including phenoxy) is 1. The quantitative estimate of drug-likeness (QED) is 0.334. The standard InChI is InChI=1S/C22H34O2/c1-2-3-4-5-6-7-8-9-10-11-12-13-17-23-21-15-14-20-16-18-24-22(20)19-21/h14-16,18-19H,2-13,17H2,1H3. The smallest absolute Gasteiger partial charge is 0.137 e. The van der Waals surface area contributed by atoms with E-state index in [9.17, 15) is 0 Å². The fraction of sp³-hybridized carbons (Fsp3) is 0.636. The zero-order valence-corrected chi connectivity index (χ0v) is 15.4. The molecule has 0 aliphatic carbocycles. The third-order valence-electron chi connectivity index (χ3n) is 4.69. The molecular formula is C22H34O2. The van der Waals surface area contributed by atoms with Gasteiger partial charge in [-0.2, -0.15) is 0 Å². The second-order valence-corrected chi connectivity index (χ2v) is 6.86. The van der Waals surface area contributed by atoms with Gasteiger partial charge in [0, 0.05) is 11.5 Å². The molecule has 0 spiro atoms. The van der Waals surface area contributed by atoms with Crippen LogP contribution in [0.2, 0.25) is 0 Å². The summed E-state index contributed by atoms with van der Waals surface area (Å²) in [6.07, 6.45) is 18.2. The predicted octanol–water partition coefficient (Wildman–Crippen LogP) is 7.51. The maximum atomic E-state index is 5.82. The summed E-state index contributed by atoms with van der Waals surface area (Å²) >= 11 is 0. The van der Waals surface area contributed by atoms with Gasteiger partial charge in [0.15, 0.2) is 0 Å². The maximum Gasteiger partial charge on any atom is 0.137 e. The molecule has 1 aromatic carbocycles. The van der Waals surface area contributed by atoms with Gasteiger partial charge in [0.05, 0.1) is 12.9 Å². The van der Waals surface area contributed by atoms with E-state index in [-0.39, 0.29) is 0 Å². The number of rotatable bonds is 14. The van der Waals surface area contributed by atoms with Gasteiger partial charge < -0.3 is 9.15 Å². The number of hydrogen-bond acceptors (Lipinski definition) is 2. The Morgan fingerprint density at radius 1 is 0.750 bits per heavy atom. The highest BCUT2D eigenvalue weighted by molar-refractivity contribution is 5.78. The Kier molecular flexibility index (Phi) is 9.45. The van der Waals surface area contributed by atoms with Crippen molar-refractivity contribution in [2.45, 2.75) is 84.0 Å². The van der Waals surface area contributed by atoms with Crippen LogP contribution in [0.25, 0.3) is 11.0 Å². The lowest BCUT2D eigenvalue weighted by Gasteiger charge is -2.06. The summed E-state index contributed by atoms with van der Waals surface area (Å²) in [7, 11) is 0. The Bertz CT molecular complexity index is 544. The highest BCUT2D eigenvalue weighted by Gasteiger charge is 2.00. The van der Waals surface area contributed by atoms with Crippen molar-refractivity contribution in [3.05, 3.63) is 30.5 Å². The third-order valence-corrected chi connectivity index (χ3v) is 4.69. The summed E-state index contributed by atoms with van der Waals surface area (Å²) in [5, 5.41) is 1.13. The average molecular weight is 331 g/mol. The first-order chi connectivity index (χ1) is 11.9. The van der Waals surface area contributed by atoms with Gasteiger partial charge in [-0.15, -0.1) is 0 Å². The molecule has 0 N–H and O–H groups in total. The summed E-state index contributed by atoms with van der Waals surface area (Å²) in [6, 6.07) is 8.04. The van der Waals surface area contributed by atoms with Gasteiger partial charge in [-0.05, 0) is 24.6 Å². The first-order valence-electron chi connectivity index (χ1n) is 10.00. The Morgan fingerprint density at radius 2 is 1.38 bits per heavy atom. The molecule has 2 nitrogen and oxygen atoms in total. The van der Waals surface area contributed by atoms with Gasteiger partial charge in [0.25, 0.3) is 0 Å². The molecule has 0 fully saturated rings. The van der Waals surface area contributed by atoms with Crippen LogP contribution in [0.1, 0.15) is 84.0 Å². The zero-order chi connectivity index (χ0) is 16.9. The number of unbranched alkanes of at least 4 members (excludes halogenated alkanes) is 11. The minimum absolute atomic E-state index is 0.809. The lowest BCUT2D eigenvalue weighted by molar-refractivity contribution is 0.304. The van der Waals surface area contributed by atoms with Crippen LogP contribution in [0.5, 0.6) is 5.75 Å². The highest BCUT2D eigenvalue weighted by Crippen LogP contribution is 2.21. The Balaban J connectivity index is 1.39. The highest BCUT2D eigenvalue weighted by atomic mass is 16.5. The van der Waals surface area contributed by atoms with E-state index in [1.54, 1.807) is 6.26 Å². The van der Waals surface area contributed by atoms with E-state index in [0.29, 0.717) is 0 Å². The van der Waals surface area contributed by atoms with Gasteiger partial charge in [0.2, 0.25) is 0 Å². The number of hydrogen-bond donors (Lipinski definition) is 0. The van der Waals surface area contributed by atoms with E-state index in [1.807, 2.05) is 18.2 Å². The summed E-state index contributed by atoms with van der Waals surface area (Å²) in [5.74, 6) is 0.917. The number of fused-ring (bicyclic) bond motifs is 1. The molecule has 2 heteroatoms. The fourth-order valence-electron chi connectivity index (χ4n) is 3.16. The average Bonchev–Trinajstić information content (AvgIpc) is 3.07. The van der Waals surface area contributed by atoms with Crippen LogP contribution in [-0.4, -0.2) is 6.61 Å². The van der Waals surface area contributed by atoms with Crippen molar-refractivity contribution in [1.82, 2.24) is 0 Å². The van der Waals surface area contributed by atoms with Crippen molar-refractivity contribution in [2.75, 3.05) is 6.61 Å². The van der Waals surface area contributed by atoms with E-state index >= 15 is 0 Å². The topological polar surface area (TPSA) is 22.4 Å². The molecule has 1 aromatic heterocycles. The van der Waals surface area contributed by atoms with Gasteiger partial charge in [-0.1, -0.05) is 77.6 Å². The fourth-order valence-corrected chi connectivity index (χ4v) is 3.16. The van der Waals surface area contributed by atoms with Crippen LogP contribution < -0.4 is 4.74 Å². The summed E-state index contributed by atoms with van der Waals surface area (Å²) in [5.41, 5.74) is 0.905. The molecule has 0 unspecified atom stereocenters. The van der Waals surface area contributed by atoms with Gasteiger partial charge in [0.1, 0.15) is 11.3 Å². The lowest BCUT2D eigenvalue weighted by atomic mass is 10.1. The van der Waals surface area contributed by atoms with Crippen LogP contribution in [0.15, 0.2) is 34.9 Å². The van der Waals surface area contributed by atoms with Crippen LogP contribution in [0.4, 0.5) is 0 Å². The summed E-state index contributed by atoms with van der Waals surface area (Å²) in [4.78, 5) is 0. The van der Waals surface area contributed by atoms with Crippen molar-refractivity contribution < 1.29 is 9.15 Å². The van der Waals surface area contributed by atoms with Crippen molar-refractivity contribution in [1.29, 1.82) is 0 Å². The van der Waals surface area contributed by atoms with Crippen molar-refractivity contribution in [3.63, 3.8) is 0 Å². The Morgan fingerprint density at radius 3 is 2.04 bits per heavy atom. The second-order valence-electron chi connectivity index (χ2n) is 6.86. The SMILES string of the molecule is CCCCCCCCCCCCCCOc1ccc2ccoc2c1. The second kappa shape index (κ2) is 12.0. The molecule has 0 saturated heterocycles. The predicted molar refractivity (Wildman–Crippen MR) is 103 cm³/mol. The zero-order valence-electron chi connectivity index (χ0n) is 15.4. The lowest BCUT2D eigenvalue weighted by Crippen LogP contribution is -1.97. The molecule has 134 valence electrons. The molecule has 0 amide bonds. The van der Waals surface area contributed by atoms with E-state index in [0.717, 1.165) is 29.7 Å². The largest absolute Gasteiger partial charge is 0.493 e. The molecule has 2 rings (SSSR count). The van der Waals surface area contributed by atoms with Crippen molar-refractivity contribution in [3.8, 4) is 5.75 Å². The molecule has 0 aliphatic rings. The molecule has 0 atom stereocenters. The van der Waals surface area contributed by atoms with Crippen LogP contribution >= 0.6 is 0 Å². The molecule has 0 aliphatic heterocycles. The van der Waals surface area contributed by atoms with Gasteiger partial charge >= 0.3 is 0 Å². The van der Waals surface area contributed by atoms with E-state index in [4.69, 9.17) is 9.15 Å². The maximum absolute atomic E-state index is 5.82. The molecule has 0 bridgehead atoms. The minimum atomic E-state index is 0.809. The minimum Gasteiger partial charge on any atom is -0.493 e. The van der Waals surface area contributed by atoms with Crippen molar-refractivity contribution in [2.24, 2.45) is 0 Å². The summed E-state index contributed by atoms with van der Waals surface area (Å²) < 4.78 is 11.2. The number of benzene rings is 1. The van der Waals surface area contributed by atoms with Gasteiger partial charge in [-0.3, -0.25) is 0 Å². The van der Waals surface area contributed by atoms with E-state index in [1.165, 1.54) is 70.6 Å². The molecule has 0 saturated carbocycles. The molecule has 1 heterocycles. The van der Waals surface area contributed by atoms with Gasteiger partial charge in [-0.25, -0.2) is 0 Å². The molecular weight excluding hydrogens is 296 g/mol. The summed E-state index contributed by atoms with van der Waals surface area (Å²) in [6.45, 7) is 3.09. The normalized spacial score (nSPS) is 11.2. The van der Waals surface area contributed by atoms with Crippen LogP contribution in [0, 0.1) is 0 Å².